The molecule has 0 aliphatic carbocycles. The zero-order valence-corrected chi connectivity index (χ0v) is 19.0. The normalized spacial score (nSPS) is 14.0. The van der Waals surface area contributed by atoms with Gasteiger partial charge in [0.25, 0.3) is 11.8 Å². The maximum atomic E-state index is 13.0. The van der Waals surface area contributed by atoms with Crippen LogP contribution in [-0.4, -0.2) is 64.4 Å². The molecule has 4 rings (SSSR count). The van der Waals surface area contributed by atoms with E-state index in [1.165, 1.54) is 0 Å². The Labute approximate surface area is 188 Å². The molecule has 2 heterocycles. The van der Waals surface area contributed by atoms with Crippen molar-refractivity contribution in [2.75, 3.05) is 32.8 Å². The lowest BCUT2D eigenvalue weighted by Gasteiger charge is -2.34. The lowest BCUT2D eigenvalue weighted by molar-refractivity contribution is -0.134. The third-order valence-corrected chi connectivity index (χ3v) is 6.15. The molecule has 1 aliphatic rings. The number of piperazine rings is 1. The second-order valence-electron chi connectivity index (χ2n) is 8.26. The van der Waals surface area contributed by atoms with Gasteiger partial charge in [-0.05, 0) is 63.1 Å². The van der Waals surface area contributed by atoms with Crippen molar-refractivity contribution < 1.29 is 14.3 Å². The molecular weight excluding hydrogens is 404 g/mol. The molecule has 7 nitrogen and oxygen atoms in total. The number of ether oxygens (including phenoxy) is 1. The number of amides is 2. The van der Waals surface area contributed by atoms with Gasteiger partial charge in [0, 0.05) is 31.7 Å². The number of hydrogen-bond acceptors (Lipinski definition) is 5. The van der Waals surface area contributed by atoms with Crippen molar-refractivity contribution in [1.82, 2.24) is 19.8 Å². The van der Waals surface area contributed by atoms with E-state index < -0.39 is 0 Å². The number of nitrogens with zero attached hydrogens (tertiary/aromatic N) is 4. The van der Waals surface area contributed by atoms with Crippen molar-refractivity contribution in [3.05, 3.63) is 64.5 Å². The molecule has 32 heavy (non-hydrogen) atoms. The minimum absolute atomic E-state index is 0.000349. The molecule has 0 N–H and O–H groups in total. The summed E-state index contributed by atoms with van der Waals surface area (Å²) in [7, 11) is 0. The average Bonchev–Trinajstić information content (AvgIpc) is 2.80. The van der Waals surface area contributed by atoms with Gasteiger partial charge >= 0.3 is 0 Å². The third kappa shape index (κ3) is 4.42. The van der Waals surface area contributed by atoms with Crippen LogP contribution < -0.4 is 4.74 Å². The molecule has 0 unspecified atom stereocenters. The third-order valence-electron chi connectivity index (χ3n) is 6.15. The van der Waals surface area contributed by atoms with Gasteiger partial charge in [0.05, 0.1) is 22.4 Å². The summed E-state index contributed by atoms with van der Waals surface area (Å²) in [6.07, 6.45) is 0. The molecule has 1 saturated heterocycles. The van der Waals surface area contributed by atoms with Crippen molar-refractivity contribution in [3.63, 3.8) is 0 Å². The summed E-state index contributed by atoms with van der Waals surface area (Å²) in [6, 6.07) is 11.3. The Morgan fingerprint density at radius 2 is 1.53 bits per heavy atom. The Hall–Kier alpha value is -3.48. The van der Waals surface area contributed by atoms with Crippen LogP contribution in [0.15, 0.2) is 36.4 Å². The van der Waals surface area contributed by atoms with Gasteiger partial charge < -0.3 is 14.5 Å². The highest BCUT2D eigenvalue weighted by atomic mass is 16.5. The highest BCUT2D eigenvalue weighted by Gasteiger charge is 2.25. The summed E-state index contributed by atoms with van der Waals surface area (Å²) in [4.78, 5) is 38.2. The monoisotopic (exact) mass is 432 g/mol. The van der Waals surface area contributed by atoms with Crippen LogP contribution in [0.3, 0.4) is 0 Å². The van der Waals surface area contributed by atoms with Crippen LogP contribution in [0.1, 0.15) is 32.9 Å². The molecule has 3 aromatic rings. The summed E-state index contributed by atoms with van der Waals surface area (Å²) >= 11 is 0. The second kappa shape index (κ2) is 8.94. The summed E-state index contributed by atoms with van der Waals surface area (Å²) in [5.41, 5.74) is 6.01. The number of carbonyl (C=O) groups is 2. The van der Waals surface area contributed by atoms with Gasteiger partial charge in [0.15, 0.2) is 6.61 Å². The Morgan fingerprint density at radius 3 is 2.25 bits per heavy atom. The number of benzene rings is 2. The van der Waals surface area contributed by atoms with E-state index in [9.17, 15) is 9.59 Å². The molecule has 2 amide bonds. The molecule has 2 aromatic carbocycles. The number of carbonyl (C=O) groups excluding carboxylic acids is 2. The maximum absolute atomic E-state index is 13.0. The van der Waals surface area contributed by atoms with Gasteiger partial charge in [-0.25, -0.2) is 9.97 Å². The molecule has 0 spiro atoms. The molecule has 1 aliphatic heterocycles. The van der Waals surface area contributed by atoms with E-state index in [1.807, 2.05) is 52.0 Å². The second-order valence-corrected chi connectivity index (χ2v) is 8.26. The number of rotatable bonds is 4. The molecule has 0 radical (unpaired) electrons. The van der Waals surface area contributed by atoms with Gasteiger partial charge in [-0.1, -0.05) is 12.1 Å². The van der Waals surface area contributed by atoms with Crippen LogP contribution in [0.2, 0.25) is 0 Å². The SMILES string of the molecule is Cc1cccc(OCC(=O)N2CCN(C(=O)c3ccc4nc(C)c(C)nc4c3)CC2)c1C. The standard InChI is InChI=1S/C25H28N4O3/c1-16-6-5-7-23(17(16)2)32-15-24(30)28-10-12-29(13-11-28)25(31)20-8-9-21-22(14-20)27-19(4)18(3)26-21/h5-9,14H,10-13,15H2,1-4H3. The summed E-state index contributed by atoms with van der Waals surface area (Å²) in [6.45, 7) is 9.81. The Bertz CT molecular complexity index is 1180. The first-order valence-electron chi connectivity index (χ1n) is 10.8. The van der Waals surface area contributed by atoms with E-state index in [0.29, 0.717) is 31.7 Å². The molecule has 0 saturated carbocycles. The summed E-state index contributed by atoms with van der Waals surface area (Å²) < 4.78 is 5.75. The molecule has 0 atom stereocenters. The van der Waals surface area contributed by atoms with Crippen molar-refractivity contribution in [1.29, 1.82) is 0 Å². The fourth-order valence-electron chi connectivity index (χ4n) is 3.82. The molecule has 0 bridgehead atoms. The van der Waals surface area contributed by atoms with Crippen LogP contribution in [0, 0.1) is 27.7 Å². The van der Waals surface area contributed by atoms with E-state index in [0.717, 1.165) is 39.3 Å². The average molecular weight is 433 g/mol. The fraction of sp³-hybridized carbons (Fsp3) is 0.360. The van der Waals surface area contributed by atoms with E-state index >= 15 is 0 Å². The fourth-order valence-corrected chi connectivity index (χ4v) is 3.82. The van der Waals surface area contributed by atoms with Crippen LogP contribution in [0.5, 0.6) is 5.75 Å². The lowest BCUT2D eigenvalue weighted by Crippen LogP contribution is -2.51. The quantitative estimate of drug-likeness (QED) is 0.633. The van der Waals surface area contributed by atoms with Crippen molar-refractivity contribution in [2.45, 2.75) is 27.7 Å². The number of fused-ring (bicyclic) bond motifs is 1. The Balaban J connectivity index is 1.35. The molecule has 1 fully saturated rings. The van der Waals surface area contributed by atoms with Crippen molar-refractivity contribution in [3.8, 4) is 5.75 Å². The van der Waals surface area contributed by atoms with Crippen molar-refractivity contribution >= 4 is 22.8 Å². The van der Waals surface area contributed by atoms with Gasteiger partial charge in [-0.3, -0.25) is 9.59 Å². The van der Waals surface area contributed by atoms with Gasteiger partial charge in [-0.2, -0.15) is 0 Å². The smallest absolute Gasteiger partial charge is 0.260 e. The van der Waals surface area contributed by atoms with Crippen LogP contribution in [-0.2, 0) is 4.79 Å². The number of aromatic nitrogens is 2. The lowest BCUT2D eigenvalue weighted by atomic mass is 10.1. The minimum atomic E-state index is -0.0650. The topological polar surface area (TPSA) is 75.6 Å². The zero-order chi connectivity index (χ0) is 22.8. The largest absolute Gasteiger partial charge is 0.483 e. The Morgan fingerprint density at radius 1 is 0.875 bits per heavy atom. The van der Waals surface area contributed by atoms with Crippen LogP contribution in [0.4, 0.5) is 0 Å². The first-order chi connectivity index (χ1) is 15.3. The highest BCUT2D eigenvalue weighted by Crippen LogP contribution is 2.21. The molecule has 1 aromatic heterocycles. The van der Waals surface area contributed by atoms with Gasteiger partial charge in [0.2, 0.25) is 0 Å². The maximum Gasteiger partial charge on any atom is 0.260 e. The van der Waals surface area contributed by atoms with E-state index in [2.05, 4.69) is 9.97 Å². The molecule has 166 valence electrons. The number of hydrogen-bond donors (Lipinski definition) is 0. The van der Waals surface area contributed by atoms with E-state index in [-0.39, 0.29) is 18.4 Å². The zero-order valence-electron chi connectivity index (χ0n) is 19.0. The molecule has 7 heteroatoms. The highest BCUT2D eigenvalue weighted by molar-refractivity contribution is 5.97. The van der Waals surface area contributed by atoms with Gasteiger partial charge in [-0.15, -0.1) is 0 Å². The Kier molecular flexibility index (Phi) is 6.08. The van der Waals surface area contributed by atoms with Crippen LogP contribution >= 0.6 is 0 Å². The van der Waals surface area contributed by atoms with E-state index in [1.54, 1.807) is 21.9 Å². The van der Waals surface area contributed by atoms with Crippen molar-refractivity contribution in [2.24, 2.45) is 0 Å². The van der Waals surface area contributed by atoms with Gasteiger partial charge in [0.1, 0.15) is 5.75 Å². The van der Waals surface area contributed by atoms with E-state index in [4.69, 9.17) is 4.74 Å². The first kappa shape index (κ1) is 21.7. The molecular formula is C25H28N4O3. The summed E-state index contributed by atoms with van der Waals surface area (Å²) in [5, 5.41) is 0. The van der Waals surface area contributed by atoms with Crippen LogP contribution in [0.25, 0.3) is 11.0 Å². The number of aryl methyl sites for hydroxylation is 3. The summed E-state index contributed by atoms with van der Waals surface area (Å²) in [5.74, 6) is 0.618. The predicted molar refractivity (Wildman–Crippen MR) is 123 cm³/mol. The minimum Gasteiger partial charge on any atom is -0.483 e. The predicted octanol–water partition coefficient (Wildman–Crippen LogP) is 3.23. The first-order valence-corrected chi connectivity index (χ1v) is 10.8.